The van der Waals surface area contributed by atoms with E-state index in [0.717, 1.165) is 12.5 Å². The van der Waals surface area contributed by atoms with E-state index in [1.165, 1.54) is 34.6 Å². The first-order valence-corrected chi connectivity index (χ1v) is 9.94. The van der Waals surface area contributed by atoms with Gasteiger partial charge in [-0.15, -0.1) is 0 Å². The molecule has 0 saturated carbocycles. The Kier molecular flexibility index (Phi) is 5.71. The number of hydrogen-bond acceptors (Lipinski definition) is 5. The zero-order valence-corrected chi connectivity index (χ0v) is 15.3. The van der Waals surface area contributed by atoms with Gasteiger partial charge < -0.3 is 4.74 Å². The van der Waals surface area contributed by atoms with Crippen molar-refractivity contribution in [3.8, 4) is 5.75 Å². The molecule has 1 fully saturated rings. The van der Waals surface area contributed by atoms with Gasteiger partial charge in [0, 0.05) is 31.1 Å². The Labute approximate surface area is 156 Å². The van der Waals surface area contributed by atoms with Gasteiger partial charge >= 0.3 is 0 Å². The van der Waals surface area contributed by atoms with Crippen LogP contribution in [-0.2, 0) is 10.0 Å². The Morgan fingerprint density at radius 1 is 1.22 bits per heavy atom. The van der Waals surface area contributed by atoms with Gasteiger partial charge in [-0.05, 0) is 31.0 Å². The lowest BCUT2D eigenvalue weighted by Gasteiger charge is -2.31. The van der Waals surface area contributed by atoms with Gasteiger partial charge in [-0.25, -0.2) is 12.8 Å². The van der Waals surface area contributed by atoms with Crippen LogP contribution in [0.5, 0.6) is 5.75 Å². The highest BCUT2D eigenvalue weighted by Crippen LogP contribution is 2.26. The summed E-state index contributed by atoms with van der Waals surface area (Å²) in [6.07, 6.45) is 1.40. The fraction of sp³-hybridized carbons (Fsp3) is 0.333. The second-order valence-electron chi connectivity index (χ2n) is 6.37. The third-order valence-electron chi connectivity index (χ3n) is 4.46. The van der Waals surface area contributed by atoms with Crippen LogP contribution in [0, 0.1) is 21.8 Å². The van der Waals surface area contributed by atoms with Crippen LogP contribution in [0.15, 0.2) is 53.4 Å². The molecule has 0 amide bonds. The zero-order valence-electron chi connectivity index (χ0n) is 14.5. The largest absolute Gasteiger partial charge is 0.490 e. The van der Waals surface area contributed by atoms with Gasteiger partial charge in [-0.1, -0.05) is 18.2 Å². The summed E-state index contributed by atoms with van der Waals surface area (Å²) < 4.78 is 46.1. The molecule has 1 aliphatic rings. The topological polar surface area (TPSA) is 89.8 Å². The number of rotatable bonds is 6. The first-order chi connectivity index (χ1) is 12.9. The number of benzene rings is 2. The number of nitrogens with zero attached hydrogens (tertiary/aromatic N) is 2. The SMILES string of the molecule is O=[N+]([O-])c1cccc(S(=O)(=O)N2CCCC(COc3ccccc3F)C2)c1. The lowest BCUT2D eigenvalue weighted by Crippen LogP contribution is -2.41. The Balaban J connectivity index is 1.70. The Morgan fingerprint density at radius 3 is 2.74 bits per heavy atom. The Hall–Kier alpha value is -2.52. The summed E-state index contributed by atoms with van der Waals surface area (Å²) in [6, 6.07) is 11.1. The number of ether oxygens (including phenoxy) is 1. The number of nitro benzene ring substituents is 1. The molecule has 2 aromatic carbocycles. The van der Waals surface area contributed by atoms with Crippen molar-refractivity contribution in [3.63, 3.8) is 0 Å². The molecule has 9 heteroatoms. The van der Waals surface area contributed by atoms with Crippen LogP contribution in [0.3, 0.4) is 0 Å². The first kappa shape index (κ1) is 19.2. The van der Waals surface area contributed by atoms with E-state index in [1.807, 2.05) is 0 Å². The maximum atomic E-state index is 13.6. The van der Waals surface area contributed by atoms with E-state index >= 15 is 0 Å². The van der Waals surface area contributed by atoms with E-state index in [0.29, 0.717) is 13.0 Å². The molecule has 144 valence electrons. The predicted octanol–water partition coefficient (Wildman–Crippen LogP) is 3.21. The van der Waals surface area contributed by atoms with Gasteiger partial charge in [0.1, 0.15) is 0 Å². The molecule has 0 radical (unpaired) electrons. The average Bonchev–Trinajstić information content (AvgIpc) is 2.67. The zero-order chi connectivity index (χ0) is 19.4. The van der Waals surface area contributed by atoms with Crippen LogP contribution in [0.2, 0.25) is 0 Å². The molecule has 0 aromatic heterocycles. The molecular formula is C18H19FN2O5S. The Bertz CT molecular complexity index is 935. The van der Waals surface area contributed by atoms with Gasteiger partial charge in [-0.3, -0.25) is 10.1 Å². The molecule has 1 heterocycles. The molecule has 2 aromatic rings. The summed E-state index contributed by atoms with van der Waals surface area (Å²) in [5, 5.41) is 10.9. The van der Waals surface area contributed by atoms with Crippen molar-refractivity contribution < 1.29 is 22.5 Å². The molecule has 27 heavy (non-hydrogen) atoms. The molecule has 0 bridgehead atoms. The molecule has 1 saturated heterocycles. The van der Waals surface area contributed by atoms with Gasteiger partial charge in [0.05, 0.1) is 16.4 Å². The van der Waals surface area contributed by atoms with E-state index in [2.05, 4.69) is 0 Å². The Morgan fingerprint density at radius 2 is 2.00 bits per heavy atom. The van der Waals surface area contributed by atoms with E-state index in [9.17, 15) is 22.9 Å². The molecule has 1 unspecified atom stereocenters. The second kappa shape index (κ2) is 8.01. The van der Waals surface area contributed by atoms with Gasteiger partial charge in [0.2, 0.25) is 10.0 Å². The lowest BCUT2D eigenvalue weighted by molar-refractivity contribution is -0.385. The number of hydrogen-bond donors (Lipinski definition) is 0. The smallest absolute Gasteiger partial charge is 0.270 e. The maximum absolute atomic E-state index is 13.6. The maximum Gasteiger partial charge on any atom is 0.270 e. The lowest BCUT2D eigenvalue weighted by atomic mass is 10.0. The fourth-order valence-corrected chi connectivity index (χ4v) is 4.65. The van der Waals surface area contributed by atoms with Crippen molar-refractivity contribution in [2.24, 2.45) is 5.92 Å². The number of piperidine rings is 1. The summed E-state index contributed by atoms with van der Waals surface area (Å²) in [7, 11) is -3.84. The van der Waals surface area contributed by atoms with Crippen molar-refractivity contribution in [1.82, 2.24) is 4.31 Å². The number of nitro groups is 1. The normalized spacial score (nSPS) is 18.2. The predicted molar refractivity (Wildman–Crippen MR) is 96.5 cm³/mol. The van der Waals surface area contributed by atoms with Crippen molar-refractivity contribution in [2.45, 2.75) is 17.7 Å². The number of halogens is 1. The van der Waals surface area contributed by atoms with E-state index in [1.54, 1.807) is 12.1 Å². The third-order valence-corrected chi connectivity index (χ3v) is 6.32. The standard InChI is InChI=1S/C18H19FN2O5S/c19-17-8-1-2-9-18(17)26-13-14-5-4-10-20(12-14)27(24,25)16-7-3-6-15(11-16)21(22)23/h1-3,6-9,11,14H,4-5,10,12-13H2. The van der Waals surface area contributed by atoms with Crippen LogP contribution < -0.4 is 4.74 Å². The number of non-ortho nitro benzene ring substituents is 1. The van der Waals surface area contributed by atoms with Crippen molar-refractivity contribution >= 4 is 15.7 Å². The summed E-state index contributed by atoms with van der Waals surface area (Å²) in [5.74, 6) is -0.419. The molecule has 1 aliphatic heterocycles. The van der Waals surface area contributed by atoms with Gasteiger partial charge in [-0.2, -0.15) is 4.31 Å². The number of para-hydroxylation sites is 1. The minimum absolute atomic E-state index is 0.0909. The molecule has 7 nitrogen and oxygen atoms in total. The minimum Gasteiger partial charge on any atom is -0.490 e. The first-order valence-electron chi connectivity index (χ1n) is 8.50. The third kappa shape index (κ3) is 4.42. The van der Waals surface area contributed by atoms with Gasteiger partial charge in [0.25, 0.3) is 5.69 Å². The summed E-state index contributed by atoms with van der Waals surface area (Å²) in [6.45, 7) is 0.753. The highest BCUT2D eigenvalue weighted by atomic mass is 32.2. The van der Waals surface area contributed by atoms with Crippen molar-refractivity contribution in [2.75, 3.05) is 19.7 Å². The monoisotopic (exact) mass is 394 g/mol. The van der Waals surface area contributed by atoms with Crippen LogP contribution in [0.4, 0.5) is 10.1 Å². The van der Waals surface area contributed by atoms with E-state index < -0.39 is 20.8 Å². The molecular weight excluding hydrogens is 375 g/mol. The van der Waals surface area contributed by atoms with Crippen LogP contribution in [0.1, 0.15) is 12.8 Å². The number of sulfonamides is 1. The molecule has 3 rings (SSSR count). The van der Waals surface area contributed by atoms with Crippen LogP contribution >= 0.6 is 0 Å². The highest BCUT2D eigenvalue weighted by Gasteiger charge is 2.31. The fourth-order valence-electron chi connectivity index (χ4n) is 3.06. The van der Waals surface area contributed by atoms with E-state index in [-0.39, 0.29) is 35.4 Å². The van der Waals surface area contributed by atoms with Gasteiger partial charge in [0.15, 0.2) is 11.6 Å². The molecule has 0 aliphatic carbocycles. The molecule has 1 atom stereocenters. The van der Waals surface area contributed by atoms with Crippen LogP contribution in [0.25, 0.3) is 0 Å². The second-order valence-corrected chi connectivity index (χ2v) is 8.31. The summed E-state index contributed by atoms with van der Waals surface area (Å²) in [4.78, 5) is 10.2. The average molecular weight is 394 g/mol. The van der Waals surface area contributed by atoms with E-state index in [4.69, 9.17) is 4.74 Å². The van der Waals surface area contributed by atoms with Crippen LogP contribution in [-0.4, -0.2) is 37.3 Å². The molecule has 0 spiro atoms. The van der Waals surface area contributed by atoms with Crippen molar-refractivity contribution in [3.05, 3.63) is 64.5 Å². The molecule has 0 N–H and O–H groups in total. The highest BCUT2D eigenvalue weighted by molar-refractivity contribution is 7.89. The summed E-state index contributed by atoms with van der Waals surface area (Å²) in [5.41, 5.74) is -0.271. The van der Waals surface area contributed by atoms with Crippen molar-refractivity contribution in [1.29, 1.82) is 0 Å². The minimum atomic E-state index is -3.84. The quantitative estimate of drug-likeness (QED) is 0.554. The summed E-state index contributed by atoms with van der Waals surface area (Å²) >= 11 is 0.